The molecule has 4 heteroatoms. The first-order valence-corrected chi connectivity index (χ1v) is 6.87. The normalized spacial score (nSPS) is 19.8. The molecule has 1 aromatic heterocycles. The van der Waals surface area contributed by atoms with Crippen LogP contribution in [-0.2, 0) is 13.5 Å². The van der Waals surface area contributed by atoms with Gasteiger partial charge in [-0.2, -0.15) is 5.10 Å². The predicted molar refractivity (Wildman–Crippen MR) is 70.7 cm³/mol. The largest absolute Gasteiger partial charge is 0.380 e. The Kier molecular flexibility index (Phi) is 2.73. The van der Waals surface area contributed by atoms with Crippen LogP contribution in [0.2, 0.25) is 0 Å². The summed E-state index contributed by atoms with van der Waals surface area (Å²) < 4.78 is 2.08. The lowest BCUT2D eigenvalue weighted by Gasteiger charge is -2.23. The van der Waals surface area contributed by atoms with E-state index in [1.165, 1.54) is 43.0 Å². The van der Waals surface area contributed by atoms with Crippen molar-refractivity contribution >= 4 is 11.5 Å². The molecular formula is C13H22N4. The number of hydrogen-bond acceptors (Lipinski definition) is 3. The molecule has 94 valence electrons. The van der Waals surface area contributed by atoms with Crippen molar-refractivity contribution < 1.29 is 0 Å². The third-order valence-corrected chi connectivity index (χ3v) is 3.71. The van der Waals surface area contributed by atoms with Gasteiger partial charge in [0.1, 0.15) is 5.69 Å². The number of aromatic nitrogens is 2. The molecule has 0 unspecified atom stereocenters. The first kappa shape index (κ1) is 10.9. The Morgan fingerprint density at radius 1 is 1.41 bits per heavy atom. The molecule has 1 aliphatic carbocycles. The molecule has 1 saturated carbocycles. The monoisotopic (exact) mass is 234 g/mol. The molecule has 0 radical (unpaired) electrons. The fourth-order valence-electron chi connectivity index (χ4n) is 2.80. The van der Waals surface area contributed by atoms with Gasteiger partial charge in [-0.3, -0.25) is 4.68 Å². The van der Waals surface area contributed by atoms with Crippen LogP contribution in [0, 0.1) is 0 Å². The van der Waals surface area contributed by atoms with E-state index in [1.807, 2.05) is 0 Å². The highest BCUT2D eigenvalue weighted by Gasteiger charge is 2.34. The molecule has 1 N–H and O–H groups in total. The first-order chi connectivity index (χ1) is 8.31. The SMILES string of the molecule is CCCc1nn(C)c2c1NCCCN2C1CC1. The molecule has 3 rings (SSSR count). The van der Waals surface area contributed by atoms with Crippen LogP contribution in [0.4, 0.5) is 11.5 Å². The average molecular weight is 234 g/mol. The molecular weight excluding hydrogens is 212 g/mol. The molecule has 0 bridgehead atoms. The summed E-state index contributed by atoms with van der Waals surface area (Å²) in [6, 6.07) is 0.776. The zero-order chi connectivity index (χ0) is 11.8. The molecule has 0 spiro atoms. The lowest BCUT2D eigenvalue weighted by Crippen LogP contribution is -2.28. The molecule has 17 heavy (non-hydrogen) atoms. The fraction of sp³-hybridized carbons (Fsp3) is 0.769. The standard InChI is InChI=1S/C13H22N4/c1-3-5-11-12-13(16(2)15-11)17(10-6-7-10)9-4-8-14-12/h10,14H,3-9H2,1-2H3. The van der Waals surface area contributed by atoms with E-state index in [0.717, 1.165) is 25.4 Å². The van der Waals surface area contributed by atoms with Crippen molar-refractivity contribution in [2.24, 2.45) is 7.05 Å². The Morgan fingerprint density at radius 2 is 2.24 bits per heavy atom. The summed E-state index contributed by atoms with van der Waals surface area (Å²) in [5.41, 5.74) is 2.55. The number of rotatable bonds is 3. The maximum atomic E-state index is 4.70. The van der Waals surface area contributed by atoms with Crippen molar-refractivity contribution in [1.82, 2.24) is 9.78 Å². The van der Waals surface area contributed by atoms with Crippen molar-refractivity contribution in [1.29, 1.82) is 0 Å². The van der Waals surface area contributed by atoms with E-state index in [1.54, 1.807) is 0 Å². The van der Waals surface area contributed by atoms with Crippen LogP contribution >= 0.6 is 0 Å². The number of fused-ring (bicyclic) bond motifs is 1. The summed E-state index contributed by atoms with van der Waals surface area (Å²) in [5.74, 6) is 1.33. The third-order valence-electron chi connectivity index (χ3n) is 3.71. The van der Waals surface area contributed by atoms with Gasteiger partial charge in [-0.25, -0.2) is 0 Å². The topological polar surface area (TPSA) is 33.1 Å². The molecule has 0 aromatic carbocycles. The Labute approximate surface area is 103 Å². The smallest absolute Gasteiger partial charge is 0.150 e. The second kappa shape index (κ2) is 4.24. The van der Waals surface area contributed by atoms with Crippen LogP contribution in [0.15, 0.2) is 0 Å². The van der Waals surface area contributed by atoms with E-state index in [2.05, 4.69) is 28.9 Å². The van der Waals surface area contributed by atoms with Gasteiger partial charge < -0.3 is 10.2 Å². The minimum Gasteiger partial charge on any atom is -0.380 e. The Morgan fingerprint density at radius 3 is 2.94 bits per heavy atom. The maximum Gasteiger partial charge on any atom is 0.150 e. The van der Waals surface area contributed by atoms with E-state index < -0.39 is 0 Å². The number of anilines is 2. The van der Waals surface area contributed by atoms with Crippen molar-refractivity contribution in [3.63, 3.8) is 0 Å². The van der Waals surface area contributed by atoms with Gasteiger partial charge in [0.25, 0.3) is 0 Å². The van der Waals surface area contributed by atoms with Crippen LogP contribution in [0.25, 0.3) is 0 Å². The average Bonchev–Trinajstić information content (AvgIpc) is 3.10. The van der Waals surface area contributed by atoms with Crippen molar-refractivity contribution in [3.8, 4) is 0 Å². The Bertz CT molecular complexity index is 406. The van der Waals surface area contributed by atoms with Crippen molar-refractivity contribution in [3.05, 3.63) is 5.69 Å². The molecule has 0 saturated heterocycles. The van der Waals surface area contributed by atoms with Crippen LogP contribution in [0.1, 0.15) is 38.3 Å². The quantitative estimate of drug-likeness (QED) is 0.870. The minimum atomic E-state index is 0.776. The van der Waals surface area contributed by atoms with E-state index in [9.17, 15) is 0 Å². The first-order valence-electron chi connectivity index (χ1n) is 6.87. The van der Waals surface area contributed by atoms with Gasteiger partial charge in [0.2, 0.25) is 0 Å². The van der Waals surface area contributed by atoms with Gasteiger partial charge in [-0.15, -0.1) is 0 Å². The number of hydrogen-bond donors (Lipinski definition) is 1. The van der Waals surface area contributed by atoms with Gasteiger partial charge in [-0.05, 0) is 25.7 Å². The van der Waals surface area contributed by atoms with Gasteiger partial charge in [-0.1, -0.05) is 13.3 Å². The summed E-state index contributed by atoms with van der Waals surface area (Å²) in [5, 5.41) is 8.28. The summed E-state index contributed by atoms with van der Waals surface area (Å²) in [6.07, 6.45) is 6.18. The van der Waals surface area contributed by atoms with Gasteiger partial charge in [0, 0.05) is 26.2 Å². The zero-order valence-corrected chi connectivity index (χ0v) is 10.9. The second-order valence-electron chi connectivity index (χ2n) is 5.22. The molecule has 2 aliphatic rings. The van der Waals surface area contributed by atoms with Crippen molar-refractivity contribution in [2.45, 2.75) is 45.1 Å². The molecule has 0 amide bonds. The molecule has 1 fully saturated rings. The van der Waals surface area contributed by atoms with Gasteiger partial charge >= 0.3 is 0 Å². The van der Waals surface area contributed by atoms with E-state index in [0.29, 0.717) is 0 Å². The van der Waals surface area contributed by atoms with Gasteiger partial charge in [0.15, 0.2) is 5.82 Å². The van der Waals surface area contributed by atoms with E-state index >= 15 is 0 Å². The molecule has 4 nitrogen and oxygen atoms in total. The fourth-order valence-corrected chi connectivity index (χ4v) is 2.80. The lowest BCUT2D eigenvalue weighted by atomic mass is 10.2. The van der Waals surface area contributed by atoms with Crippen molar-refractivity contribution in [2.75, 3.05) is 23.3 Å². The highest BCUT2D eigenvalue weighted by Crippen LogP contribution is 2.38. The summed E-state index contributed by atoms with van der Waals surface area (Å²) >= 11 is 0. The third kappa shape index (κ3) is 1.90. The van der Waals surface area contributed by atoms with E-state index in [4.69, 9.17) is 5.10 Å². The number of aryl methyl sites for hydroxylation is 2. The molecule has 2 heterocycles. The maximum absolute atomic E-state index is 4.70. The van der Waals surface area contributed by atoms with Crippen LogP contribution in [0.3, 0.4) is 0 Å². The molecule has 1 aliphatic heterocycles. The van der Waals surface area contributed by atoms with Gasteiger partial charge in [0.05, 0.1) is 5.69 Å². The summed E-state index contributed by atoms with van der Waals surface area (Å²) in [6.45, 7) is 4.48. The highest BCUT2D eigenvalue weighted by molar-refractivity contribution is 5.71. The Hall–Kier alpha value is -1.19. The second-order valence-corrected chi connectivity index (χ2v) is 5.22. The Balaban J connectivity index is 2.00. The number of nitrogens with zero attached hydrogens (tertiary/aromatic N) is 3. The number of nitrogens with one attached hydrogen (secondary N) is 1. The summed E-state index contributed by atoms with van der Waals surface area (Å²) in [7, 11) is 2.08. The molecule has 1 aromatic rings. The van der Waals surface area contributed by atoms with Crippen LogP contribution in [0.5, 0.6) is 0 Å². The predicted octanol–water partition coefficient (Wildman–Crippen LogP) is 2.16. The van der Waals surface area contributed by atoms with E-state index in [-0.39, 0.29) is 0 Å². The highest BCUT2D eigenvalue weighted by atomic mass is 15.4. The van der Waals surface area contributed by atoms with Crippen LogP contribution in [-0.4, -0.2) is 28.9 Å². The minimum absolute atomic E-state index is 0.776. The summed E-state index contributed by atoms with van der Waals surface area (Å²) in [4.78, 5) is 2.57. The lowest BCUT2D eigenvalue weighted by molar-refractivity contribution is 0.676. The molecule has 0 atom stereocenters. The zero-order valence-electron chi connectivity index (χ0n) is 10.9. The van der Waals surface area contributed by atoms with Crippen LogP contribution < -0.4 is 10.2 Å².